The largest absolute Gasteiger partial charge is 0.493 e. The number of aryl methyl sites for hydroxylation is 2. The maximum atomic E-state index is 8.99. The molecule has 3 heteroatoms. The van der Waals surface area contributed by atoms with Crippen LogP contribution in [0.5, 0.6) is 5.75 Å². The highest BCUT2D eigenvalue weighted by Gasteiger charge is 2.08. The molecule has 1 rings (SSSR count). The number of nitrogens with one attached hydrogen (secondary N) is 1. The van der Waals surface area contributed by atoms with Crippen LogP contribution in [-0.2, 0) is 0 Å². The van der Waals surface area contributed by atoms with Crippen molar-refractivity contribution in [3.8, 4) is 11.8 Å². The lowest BCUT2D eigenvalue weighted by atomic mass is 10.1. The van der Waals surface area contributed by atoms with Gasteiger partial charge in [-0.15, -0.1) is 0 Å². The van der Waals surface area contributed by atoms with Gasteiger partial charge in [-0.05, 0) is 51.0 Å². The molecule has 0 aliphatic carbocycles. The van der Waals surface area contributed by atoms with E-state index in [0.717, 1.165) is 5.75 Å². The minimum absolute atomic E-state index is 0.143. The lowest BCUT2D eigenvalue weighted by Gasteiger charge is -2.15. The van der Waals surface area contributed by atoms with Crippen molar-refractivity contribution in [2.75, 3.05) is 6.61 Å². The average Bonchev–Trinajstić information content (AvgIpc) is 2.25. The summed E-state index contributed by atoms with van der Waals surface area (Å²) in [7, 11) is 0. The average molecular weight is 246 g/mol. The van der Waals surface area contributed by atoms with Gasteiger partial charge in [-0.25, -0.2) is 0 Å². The molecule has 1 aromatic rings. The van der Waals surface area contributed by atoms with E-state index in [0.29, 0.717) is 19.1 Å². The number of hydrogen-bond acceptors (Lipinski definition) is 3. The Hall–Kier alpha value is -1.53. The smallest absolute Gasteiger partial charge is 0.119 e. The molecule has 18 heavy (non-hydrogen) atoms. The van der Waals surface area contributed by atoms with E-state index in [9.17, 15) is 0 Å². The molecule has 0 aliphatic heterocycles. The zero-order chi connectivity index (χ0) is 13.5. The number of benzene rings is 1. The third kappa shape index (κ3) is 5.20. The molecule has 98 valence electrons. The second-order valence-corrected chi connectivity index (χ2v) is 4.96. The summed E-state index contributed by atoms with van der Waals surface area (Å²) in [6.45, 7) is 8.74. The van der Waals surface area contributed by atoms with E-state index >= 15 is 0 Å². The van der Waals surface area contributed by atoms with E-state index in [4.69, 9.17) is 10.00 Å². The van der Waals surface area contributed by atoms with Crippen LogP contribution in [0.15, 0.2) is 18.2 Å². The topological polar surface area (TPSA) is 45.0 Å². The lowest BCUT2D eigenvalue weighted by Crippen LogP contribution is -2.34. The van der Waals surface area contributed by atoms with Gasteiger partial charge in [0.25, 0.3) is 0 Å². The van der Waals surface area contributed by atoms with Crippen LogP contribution in [0.4, 0.5) is 0 Å². The molecule has 0 amide bonds. The summed E-state index contributed by atoms with van der Waals surface area (Å²) in [5.74, 6) is 0.883. The lowest BCUT2D eigenvalue weighted by molar-refractivity contribution is 0.294. The highest BCUT2D eigenvalue weighted by atomic mass is 16.5. The van der Waals surface area contributed by atoms with Gasteiger partial charge in [0.2, 0.25) is 0 Å². The van der Waals surface area contributed by atoms with Crippen LogP contribution in [0.1, 0.15) is 31.4 Å². The van der Waals surface area contributed by atoms with Crippen molar-refractivity contribution in [1.29, 1.82) is 5.26 Å². The normalized spacial score (nSPS) is 12.2. The SMILES string of the molecule is Cc1cc(C)cc(OCCC(C#N)NC(C)C)c1. The molecule has 0 heterocycles. The van der Waals surface area contributed by atoms with Crippen molar-refractivity contribution in [3.63, 3.8) is 0 Å². The molecule has 0 fully saturated rings. The Morgan fingerprint density at radius 3 is 2.33 bits per heavy atom. The Bertz CT molecular complexity index is 401. The standard InChI is InChI=1S/C15H22N2O/c1-11(2)17-14(10-16)5-6-18-15-8-12(3)7-13(4)9-15/h7-9,11,14,17H,5-6H2,1-4H3. The van der Waals surface area contributed by atoms with Gasteiger partial charge in [0, 0.05) is 12.5 Å². The Balaban J connectivity index is 2.43. The maximum Gasteiger partial charge on any atom is 0.119 e. The van der Waals surface area contributed by atoms with Gasteiger partial charge in [-0.2, -0.15) is 5.26 Å². The summed E-state index contributed by atoms with van der Waals surface area (Å²) in [6, 6.07) is 8.58. The Morgan fingerprint density at radius 2 is 1.83 bits per heavy atom. The third-order valence-electron chi connectivity index (χ3n) is 2.56. The Labute approximate surface area is 110 Å². The molecule has 1 N–H and O–H groups in total. The Morgan fingerprint density at radius 1 is 1.22 bits per heavy atom. The van der Waals surface area contributed by atoms with Gasteiger partial charge in [0.15, 0.2) is 0 Å². The first-order chi connectivity index (χ1) is 8.51. The van der Waals surface area contributed by atoms with Gasteiger partial charge in [-0.1, -0.05) is 6.07 Å². The number of hydrogen-bond donors (Lipinski definition) is 1. The van der Waals surface area contributed by atoms with Crippen LogP contribution in [-0.4, -0.2) is 18.7 Å². The van der Waals surface area contributed by atoms with Gasteiger partial charge in [0.05, 0.1) is 18.7 Å². The van der Waals surface area contributed by atoms with Crippen molar-refractivity contribution in [3.05, 3.63) is 29.3 Å². The molecule has 0 spiro atoms. The highest BCUT2D eigenvalue weighted by Crippen LogP contribution is 2.16. The minimum atomic E-state index is -0.143. The van der Waals surface area contributed by atoms with Crippen LogP contribution >= 0.6 is 0 Å². The zero-order valence-corrected chi connectivity index (χ0v) is 11.7. The highest BCUT2D eigenvalue weighted by molar-refractivity contribution is 5.32. The number of nitriles is 1. The first-order valence-electron chi connectivity index (χ1n) is 6.38. The predicted molar refractivity (Wildman–Crippen MR) is 73.7 cm³/mol. The first kappa shape index (κ1) is 14.5. The summed E-state index contributed by atoms with van der Waals surface area (Å²) in [6.07, 6.45) is 0.696. The molecule has 3 nitrogen and oxygen atoms in total. The molecule has 1 atom stereocenters. The van der Waals surface area contributed by atoms with Gasteiger partial charge >= 0.3 is 0 Å². The molecule has 0 aliphatic rings. The fourth-order valence-corrected chi connectivity index (χ4v) is 1.90. The molecule has 0 radical (unpaired) electrons. The number of ether oxygens (including phenoxy) is 1. The molecule has 0 saturated carbocycles. The van der Waals surface area contributed by atoms with Crippen LogP contribution in [0.3, 0.4) is 0 Å². The second-order valence-electron chi connectivity index (χ2n) is 4.96. The van der Waals surface area contributed by atoms with E-state index in [2.05, 4.69) is 31.3 Å². The molecule has 0 bridgehead atoms. The molecular formula is C15H22N2O. The van der Waals surface area contributed by atoms with E-state index < -0.39 is 0 Å². The van der Waals surface area contributed by atoms with E-state index in [1.165, 1.54) is 11.1 Å². The van der Waals surface area contributed by atoms with Crippen molar-refractivity contribution in [2.24, 2.45) is 0 Å². The van der Waals surface area contributed by atoms with Gasteiger partial charge < -0.3 is 4.74 Å². The number of rotatable bonds is 6. The molecule has 1 aromatic carbocycles. The van der Waals surface area contributed by atoms with Crippen molar-refractivity contribution in [2.45, 2.75) is 46.2 Å². The fourth-order valence-electron chi connectivity index (χ4n) is 1.90. The maximum absolute atomic E-state index is 8.99. The fraction of sp³-hybridized carbons (Fsp3) is 0.533. The Kier molecular flexibility index (Phi) is 5.67. The van der Waals surface area contributed by atoms with Gasteiger partial charge in [0.1, 0.15) is 5.75 Å². The number of nitrogens with zero attached hydrogens (tertiary/aromatic N) is 1. The summed E-state index contributed by atoms with van der Waals surface area (Å²) in [5.41, 5.74) is 2.39. The quantitative estimate of drug-likeness (QED) is 0.839. The summed E-state index contributed by atoms with van der Waals surface area (Å²) >= 11 is 0. The second kappa shape index (κ2) is 7.03. The van der Waals surface area contributed by atoms with Gasteiger partial charge in [-0.3, -0.25) is 5.32 Å². The first-order valence-corrected chi connectivity index (χ1v) is 6.38. The summed E-state index contributed by atoms with van der Waals surface area (Å²) in [4.78, 5) is 0. The van der Waals surface area contributed by atoms with Crippen LogP contribution in [0, 0.1) is 25.2 Å². The van der Waals surface area contributed by atoms with Crippen molar-refractivity contribution < 1.29 is 4.74 Å². The molecule has 1 unspecified atom stereocenters. The van der Waals surface area contributed by atoms with Crippen LogP contribution in [0.2, 0.25) is 0 Å². The third-order valence-corrected chi connectivity index (χ3v) is 2.56. The minimum Gasteiger partial charge on any atom is -0.493 e. The summed E-state index contributed by atoms with van der Waals surface area (Å²) in [5, 5.41) is 12.2. The van der Waals surface area contributed by atoms with E-state index in [1.54, 1.807) is 0 Å². The summed E-state index contributed by atoms with van der Waals surface area (Å²) < 4.78 is 5.69. The monoisotopic (exact) mass is 246 g/mol. The van der Waals surface area contributed by atoms with Crippen LogP contribution in [0.25, 0.3) is 0 Å². The predicted octanol–water partition coefficient (Wildman–Crippen LogP) is 2.96. The molecular weight excluding hydrogens is 224 g/mol. The zero-order valence-electron chi connectivity index (χ0n) is 11.7. The molecule has 0 aromatic heterocycles. The van der Waals surface area contributed by atoms with Crippen LogP contribution < -0.4 is 10.1 Å². The van der Waals surface area contributed by atoms with E-state index in [1.807, 2.05) is 26.0 Å². The van der Waals surface area contributed by atoms with E-state index in [-0.39, 0.29) is 6.04 Å². The van der Waals surface area contributed by atoms with Crippen molar-refractivity contribution >= 4 is 0 Å². The van der Waals surface area contributed by atoms with Crippen molar-refractivity contribution in [1.82, 2.24) is 5.32 Å². The molecule has 0 saturated heterocycles.